The number of aliphatic imine (C=N–C) groups is 1. The summed E-state index contributed by atoms with van der Waals surface area (Å²) < 4.78 is 13.5. The van der Waals surface area contributed by atoms with E-state index >= 15 is 0 Å². The quantitative estimate of drug-likeness (QED) is 0.528. The number of rotatable bonds is 7. The van der Waals surface area contributed by atoms with Crippen molar-refractivity contribution >= 4 is 5.96 Å². The zero-order valence-corrected chi connectivity index (χ0v) is 15.1. The van der Waals surface area contributed by atoms with Gasteiger partial charge in [0.15, 0.2) is 5.96 Å². The van der Waals surface area contributed by atoms with Crippen molar-refractivity contribution in [2.75, 3.05) is 13.1 Å². The molecule has 3 rings (SSSR count). The van der Waals surface area contributed by atoms with Gasteiger partial charge in [0.2, 0.25) is 0 Å². The fraction of sp³-hybridized carbons (Fsp3) is 0.381. The van der Waals surface area contributed by atoms with Crippen LogP contribution < -0.4 is 10.6 Å². The van der Waals surface area contributed by atoms with Crippen molar-refractivity contribution in [3.05, 3.63) is 71.0 Å². The van der Waals surface area contributed by atoms with E-state index in [9.17, 15) is 9.50 Å². The first-order valence-electron chi connectivity index (χ1n) is 9.13. The number of nitrogens with one attached hydrogen (secondary N) is 2. The molecule has 3 N–H and O–H groups in total. The highest BCUT2D eigenvalue weighted by atomic mass is 19.1. The van der Waals surface area contributed by atoms with Crippen LogP contribution in [0, 0.1) is 5.82 Å². The predicted molar refractivity (Wildman–Crippen MR) is 102 cm³/mol. The molecule has 5 heteroatoms. The van der Waals surface area contributed by atoms with Crippen molar-refractivity contribution in [1.29, 1.82) is 0 Å². The minimum absolute atomic E-state index is 0.00129. The van der Waals surface area contributed by atoms with E-state index in [2.05, 4.69) is 15.6 Å². The van der Waals surface area contributed by atoms with Crippen LogP contribution in [0.3, 0.4) is 0 Å². The fourth-order valence-electron chi connectivity index (χ4n) is 3.16. The van der Waals surface area contributed by atoms with E-state index in [1.807, 2.05) is 37.3 Å². The van der Waals surface area contributed by atoms with Crippen molar-refractivity contribution in [2.24, 2.45) is 4.99 Å². The topological polar surface area (TPSA) is 56.7 Å². The van der Waals surface area contributed by atoms with E-state index < -0.39 is 0 Å². The maximum Gasteiger partial charge on any atom is 0.191 e. The van der Waals surface area contributed by atoms with Crippen LogP contribution in [0.2, 0.25) is 0 Å². The van der Waals surface area contributed by atoms with Gasteiger partial charge in [0.1, 0.15) is 5.82 Å². The maximum absolute atomic E-state index is 13.5. The van der Waals surface area contributed by atoms with Crippen LogP contribution in [0.5, 0.6) is 0 Å². The molecule has 0 aromatic heterocycles. The van der Waals surface area contributed by atoms with E-state index in [1.54, 1.807) is 12.1 Å². The van der Waals surface area contributed by atoms with Crippen LogP contribution in [0.25, 0.3) is 0 Å². The third-order valence-electron chi connectivity index (χ3n) is 4.93. The number of hydrogen-bond acceptors (Lipinski definition) is 2. The molecule has 0 heterocycles. The van der Waals surface area contributed by atoms with Crippen molar-refractivity contribution in [2.45, 2.75) is 38.3 Å². The molecule has 0 unspecified atom stereocenters. The van der Waals surface area contributed by atoms with E-state index in [1.165, 1.54) is 6.07 Å². The Balaban J connectivity index is 1.67. The predicted octanol–water partition coefficient (Wildman–Crippen LogP) is 3.10. The molecular weight excluding hydrogens is 329 g/mol. The van der Waals surface area contributed by atoms with Gasteiger partial charge in [0.05, 0.1) is 13.2 Å². The Kier molecular flexibility index (Phi) is 5.89. The van der Waals surface area contributed by atoms with Crippen molar-refractivity contribution in [3.63, 3.8) is 0 Å². The van der Waals surface area contributed by atoms with Gasteiger partial charge in [0, 0.05) is 18.5 Å². The van der Waals surface area contributed by atoms with Crippen LogP contribution in [-0.2, 0) is 18.6 Å². The van der Waals surface area contributed by atoms with Crippen LogP contribution in [0.4, 0.5) is 4.39 Å². The Hall–Kier alpha value is -2.40. The van der Waals surface area contributed by atoms with Crippen molar-refractivity contribution < 1.29 is 9.50 Å². The van der Waals surface area contributed by atoms with E-state index in [0.717, 1.165) is 48.6 Å². The summed E-state index contributed by atoms with van der Waals surface area (Å²) >= 11 is 0. The highest BCUT2D eigenvalue weighted by molar-refractivity contribution is 5.80. The summed E-state index contributed by atoms with van der Waals surface area (Å²) in [6, 6.07) is 14.6. The van der Waals surface area contributed by atoms with Crippen LogP contribution in [0.15, 0.2) is 53.5 Å². The van der Waals surface area contributed by atoms with Gasteiger partial charge >= 0.3 is 0 Å². The Bertz CT molecular complexity index is 771. The summed E-state index contributed by atoms with van der Waals surface area (Å²) in [4.78, 5) is 4.64. The average molecular weight is 355 g/mol. The summed E-state index contributed by atoms with van der Waals surface area (Å²) in [5.41, 5.74) is 2.96. The van der Waals surface area contributed by atoms with Gasteiger partial charge in [-0.1, -0.05) is 36.4 Å². The first-order chi connectivity index (χ1) is 12.7. The second kappa shape index (κ2) is 8.32. The molecule has 2 aromatic carbocycles. The number of aliphatic hydroxyl groups is 1. The summed E-state index contributed by atoms with van der Waals surface area (Å²) in [5.74, 6) is 0.554. The third-order valence-corrected chi connectivity index (χ3v) is 4.93. The average Bonchev–Trinajstić information content (AvgIpc) is 3.45. The fourth-order valence-corrected chi connectivity index (χ4v) is 3.16. The second-order valence-electron chi connectivity index (χ2n) is 6.77. The van der Waals surface area contributed by atoms with Crippen LogP contribution in [-0.4, -0.2) is 24.2 Å². The van der Waals surface area contributed by atoms with Gasteiger partial charge < -0.3 is 15.7 Å². The highest BCUT2D eigenvalue weighted by Gasteiger charge is 2.44. The number of aliphatic hydroxyl groups excluding tert-OH is 1. The van der Waals surface area contributed by atoms with Crippen molar-refractivity contribution in [3.8, 4) is 0 Å². The molecule has 1 aliphatic rings. The lowest BCUT2D eigenvalue weighted by Gasteiger charge is -2.19. The lowest BCUT2D eigenvalue weighted by Crippen LogP contribution is -2.41. The van der Waals surface area contributed by atoms with Crippen molar-refractivity contribution in [1.82, 2.24) is 10.6 Å². The molecule has 1 aliphatic carbocycles. The zero-order valence-electron chi connectivity index (χ0n) is 15.1. The van der Waals surface area contributed by atoms with E-state index in [-0.39, 0.29) is 17.8 Å². The smallest absolute Gasteiger partial charge is 0.191 e. The van der Waals surface area contributed by atoms with Gasteiger partial charge in [-0.15, -0.1) is 0 Å². The Labute approximate surface area is 154 Å². The Morgan fingerprint density at radius 3 is 2.54 bits per heavy atom. The summed E-state index contributed by atoms with van der Waals surface area (Å²) in [6.45, 7) is 4.03. The molecule has 0 spiro atoms. The molecule has 26 heavy (non-hydrogen) atoms. The molecule has 1 fully saturated rings. The monoisotopic (exact) mass is 355 g/mol. The molecule has 0 atom stereocenters. The van der Waals surface area contributed by atoms with Crippen LogP contribution in [0.1, 0.15) is 36.5 Å². The number of benzene rings is 2. The van der Waals surface area contributed by atoms with Gasteiger partial charge in [-0.2, -0.15) is 0 Å². The summed E-state index contributed by atoms with van der Waals surface area (Å²) in [6.07, 6.45) is 2.10. The maximum atomic E-state index is 13.5. The molecule has 2 aromatic rings. The lowest BCUT2D eigenvalue weighted by atomic mass is 9.96. The first kappa shape index (κ1) is 18.4. The van der Waals surface area contributed by atoms with Gasteiger partial charge in [-0.3, -0.25) is 0 Å². The minimum atomic E-state index is -0.185. The molecule has 0 saturated heterocycles. The molecule has 4 nitrogen and oxygen atoms in total. The molecule has 0 aliphatic heterocycles. The van der Waals surface area contributed by atoms with E-state index in [4.69, 9.17) is 0 Å². The van der Waals surface area contributed by atoms with Gasteiger partial charge in [0.25, 0.3) is 0 Å². The molecule has 138 valence electrons. The SMILES string of the molecule is CCNC(=NCc1ccccc1CO)NCC1(c2cccc(F)c2)CC1. The molecule has 0 amide bonds. The summed E-state index contributed by atoms with van der Waals surface area (Å²) in [5, 5.41) is 16.1. The lowest BCUT2D eigenvalue weighted by molar-refractivity contribution is 0.280. The Morgan fingerprint density at radius 2 is 1.88 bits per heavy atom. The molecular formula is C21H26FN3O. The number of hydrogen-bond donors (Lipinski definition) is 3. The normalized spacial score (nSPS) is 15.6. The molecule has 0 bridgehead atoms. The number of nitrogens with zero attached hydrogens (tertiary/aromatic N) is 1. The zero-order chi connectivity index (χ0) is 18.4. The Morgan fingerprint density at radius 1 is 1.12 bits per heavy atom. The number of halogens is 1. The largest absolute Gasteiger partial charge is 0.392 e. The second-order valence-corrected chi connectivity index (χ2v) is 6.77. The van der Waals surface area contributed by atoms with Gasteiger partial charge in [-0.05, 0) is 48.6 Å². The standard InChI is InChI=1S/C21H26FN3O/c1-2-23-20(24-13-16-6-3-4-7-17(16)14-26)25-15-21(10-11-21)18-8-5-9-19(22)12-18/h3-9,12,26H,2,10-11,13-15H2,1H3,(H2,23,24,25). The minimum Gasteiger partial charge on any atom is -0.392 e. The van der Waals surface area contributed by atoms with Crippen LogP contribution >= 0.6 is 0 Å². The summed E-state index contributed by atoms with van der Waals surface area (Å²) in [7, 11) is 0. The molecule has 0 radical (unpaired) electrons. The number of guanidine groups is 1. The van der Waals surface area contributed by atoms with Gasteiger partial charge in [-0.25, -0.2) is 9.38 Å². The third kappa shape index (κ3) is 4.41. The van der Waals surface area contributed by atoms with E-state index in [0.29, 0.717) is 6.54 Å². The molecule has 1 saturated carbocycles. The highest BCUT2D eigenvalue weighted by Crippen LogP contribution is 2.47. The first-order valence-corrected chi connectivity index (χ1v) is 9.13.